The molecule has 1 N–H and O–H groups in total. The molecule has 0 aromatic heterocycles. The van der Waals surface area contributed by atoms with Crippen molar-refractivity contribution in [3.63, 3.8) is 0 Å². The highest BCUT2D eigenvalue weighted by Crippen LogP contribution is 2.33. The van der Waals surface area contributed by atoms with Crippen LogP contribution < -0.4 is 5.32 Å². The second-order valence-electron chi connectivity index (χ2n) is 6.26. The van der Waals surface area contributed by atoms with Gasteiger partial charge in [0.1, 0.15) is 6.10 Å². The molecule has 2 unspecified atom stereocenters. The Morgan fingerprint density at radius 2 is 2.00 bits per heavy atom. The third-order valence-corrected chi connectivity index (χ3v) is 5.87. The normalized spacial score (nSPS) is 28.7. The van der Waals surface area contributed by atoms with Crippen LogP contribution in [0.25, 0.3) is 0 Å². The number of hydrogen-bond acceptors (Lipinski definition) is 7. The summed E-state index contributed by atoms with van der Waals surface area (Å²) in [7, 11) is 4.71. The monoisotopic (exact) mass is 377 g/mol. The quantitative estimate of drug-likeness (QED) is 0.788. The minimum atomic E-state index is -0.335. The van der Waals surface area contributed by atoms with Crippen LogP contribution in [0.15, 0.2) is 45.9 Å². The highest BCUT2D eigenvalue weighted by atomic mass is 32.2. The maximum atomic E-state index is 13.0. The standard InChI is InChI=1S/C19H23NO5S/c1-23-15-8-12(9-16(24-2)18(15)25-3)17(22)14-10-26-19(20-14)11-4-6-13(21)7-5-11/h4,6,8,14,16,20H,5,7,9-10H2,1-3H3. The van der Waals surface area contributed by atoms with Crippen LogP contribution in [0, 0.1) is 0 Å². The predicted octanol–water partition coefficient (Wildman–Crippen LogP) is 2.24. The zero-order valence-electron chi connectivity index (χ0n) is 15.2. The van der Waals surface area contributed by atoms with Gasteiger partial charge in [0.05, 0.1) is 25.3 Å². The van der Waals surface area contributed by atoms with Gasteiger partial charge >= 0.3 is 0 Å². The first-order valence-corrected chi connectivity index (χ1v) is 9.49. The van der Waals surface area contributed by atoms with Gasteiger partial charge in [0.15, 0.2) is 23.1 Å². The molecule has 140 valence electrons. The summed E-state index contributed by atoms with van der Waals surface area (Å²) in [6.45, 7) is 0. The molecule has 2 aliphatic carbocycles. The molecule has 3 rings (SSSR count). The molecule has 0 radical (unpaired) electrons. The Morgan fingerprint density at radius 1 is 1.19 bits per heavy atom. The lowest BCUT2D eigenvalue weighted by atomic mass is 9.93. The van der Waals surface area contributed by atoms with Gasteiger partial charge in [-0.3, -0.25) is 9.59 Å². The number of ketones is 2. The van der Waals surface area contributed by atoms with Crippen LogP contribution in [-0.2, 0) is 23.8 Å². The van der Waals surface area contributed by atoms with E-state index in [1.165, 1.54) is 0 Å². The van der Waals surface area contributed by atoms with Crippen molar-refractivity contribution in [3.05, 3.63) is 45.9 Å². The molecule has 0 aromatic carbocycles. The summed E-state index contributed by atoms with van der Waals surface area (Å²) in [6, 6.07) is -0.292. The van der Waals surface area contributed by atoms with E-state index < -0.39 is 0 Å². The molecule has 1 aliphatic heterocycles. The molecule has 2 atom stereocenters. The van der Waals surface area contributed by atoms with Gasteiger partial charge in [0.2, 0.25) is 0 Å². The van der Waals surface area contributed by atoms with Gasteiger partial charge in [0, 0.05) is 31.3 Å². The molecule has 0 aromatic rings. The SMILES string of the molecule is COC1=C(OC)C(OC)CC(C(=O)C2CSC(=C3C=CC(=O)CC3)N2)=C1. The molecule has 7 heteroatoms. The first-order valence-electron chi connectivity index (χ1n) is 8.50. The van der Waals surface area contributed by atoms with Crippen molar-refractivity contribution in [3.8, 4) is 0 Å². The highest BCUT2D eigenvalue weighted by molar-refractivity contribution is 8.03. The van der Waals surface area contributed by atoms with E-state index in [2.05, 4.69) is 5.32 Å². The van der Waals surface area contributed by atoms with Crippen molar-refractivity contribution in [1.29, 1.82) is 0 Å². The third-order valence-electron chi connectivity index (χ3n) is 4.71. The van der Waals surface area contributed by atoms with Gasteiger partial charge in [-0.15, -0.1) is 11.8 Å². The fourth-order valence-electron chi connectivity index (χ4n) is 3.26. The first kappa shape index (κ1) is 18.8. The van der Waals surface area contributed by atoms with Crippen molar-refractivity contribution in [2.24, 2.45) is 0 Å². The third kappa shape index (κ3) is 3.73. The Bertz CT molecular complexity index is 734. The van der Waals surface area contributed by atoms with Gasteiger partial charge in [-0.05, 0) is 24.1 Å². The van der Waals surface area contributed by atoms with Gasteiger partial charge in [0.25, 0.3) is 0 Å². The molecule has 6 nitrogen and oxygen atoms in total. The highest BCUT2D eigenvalue weighted by Gasteiger charge is 2.34. The molecule has 0 amide bonds. The van der Waals surface area contributed by atoms with E-state index in [4.69, 9.17) is 14.2 Å². The number of nitrogens with one attached hydrogen (secondary N) is 1. The summed E-state index contributed by atoms with van der Waals surface area (Å²) in [4.78, 5) is 24.3. The fourth-order valence-corrected chi connectivity index (χ4v) is 4.41. The van der Waals surface area contributed by atoms with Crippen LogP contribution in [0.2, 0.25) is 0 Å². The van der Waals surface area contributed by atoms with E-state index in [9.17, 15) is 9.59 Å². The number of thioether (sulfide) groups is 1. The number of carbonyl (C=O) groups is 2. The number of ether oxygens (including phenoxy) is 3. The summed E-state index contributed by atoms with van der Waals surface area (Å²) in [6.07, 6.45) is 6.57. The Hall–Kier alpha value is -1.99. The number of allylic oxidation sites excluding steroid dienone is 4. The molecule has 0 spiro atoms. The average molecular weight is 377 g/mol. The molecule has 0 bridgehead atoms. The van der Waals surface area contributed by atoms with Crippen molar-refractivity contribution in [2.45, 2.75) is 31.4 Å². The van der Waals surface area contributed by atoms with E-state index >= 15 is 0 Å². The van der Waals surface area contributed by atoms with Gasteiger partial charge in [-0.1, -0.05) is 6.08 Å². The minimum absolute atomic E-state index is 0.0377. The van der Waals surface area contributed by atoms with Crippen LogP contribution >= 0.6 is 11.8 Å². The first-order chi connectivity index (χ1) is 12.6. The van der Waals surface area contributed by atoms with Crippen LogP contribution in [0.1, 0.15) is 19.3 Å². The second kappa shape index (κ2) is 8.14. The van der Waals surface area contributed by atoms with Crippen molar-refractivity contribution in [1.82, 2.24) is 5.32 Å². The van der Waals surface area contributed by atoms with Crippen LogP contribution in [0.5, 0.6) is 0 Å². The second-order valence-corrected chi connectivity index (χ2v) is 7.29. The van der Waals surface area contributed by atoms with E-state index in [-0.39, 0.29) is 23.7 Å². The average Bonchev–Trinajstić information content (AvgIpc) is 3.16. The van der Waals surface area contributed by atoms with E-state index in [1.807, 2.05) is 6.08 Å². The molecule has 3 aliphatic rings. The Kier molecular flexibility index (Phi) is 5.88. The van der Waals surface area contributed by atoms with Crippen molar-refractivity contribution < 1.29 is 23.8 Å². The Morgan fingerprint density at radius 3 is 2.62 bits per heavy atom. The van der Waals surface area contributed by atoms with E-state index in [1.54, 1.807) is 45.2 Å². The Labute approximate surface area is 157 Å². The predicted molar refractivity (Wildman–Crippen MR) is 99.3 cm³/mol. The van der Waals surface area contributed by atoms with Crippen molar-refractivity contribution in [2.75, 3.05) is 27.1 Å². The lowest BCUT2D eigenvalue weighted by molar-refractivity contribution is -0.117. The maximum Gasteiger partial charge on any atom is 0.182 e. The summed E-state index contributed by atoms with van der Waals surface area (Å²) in [5, 5.41) is 4.32. The molecule has 26 heavy (non-hydrogen) atoms. The zero-order valence-corrected chi connectivity index (χ0v) is 16.0. The molecular formula is C19H23NO5S. The van der Waals surface area contributed by atoms with Gasteiger partial charge in [-0.2, -0.15) is 0 Å². The molecule has 1 heterocycles. The van der Waals surface area contributed by atoms with Gasteiger partial charge < -0.3 is 19.5 Å². The molecule has 0 saturated carbocycles. The Balaban J connectivity index is 1.77. The summed E-state index contributed by atoms with van der Waals surface area (Å²) in [5.41, 5.74) is 1.75. The lowest BCUT2D eigenvalue weighted by Crippen LogP contribution is -2.36. The summed E-state index contributed by atoms with van der Waals surface area (Å²) < 4.78 is 16.2. The number of carbonyl (C=O) groups excluding carboxylic acids is 2. The van der Waals surface area contributed by atoms with Gasteiger partial charge in [-0.25, -0.2) is 0 Å². The van der Waals surface area contributed by atoms with Crippen molar-refractivity contribution >= 4 is 23.3 Å². The number of rotatable bonds is 5. The lowest BCUT2D eigenvalue weighted by Gasteiger charge is -2.26. The smallest absolute Gasteiger partial charge is 0.182 e. The molecule has 1 fully saturated rings. The molecule has 1 saturated heterocycles. The number of hydrogen-bond donors (Lipinski definition) is 1. The zero-order chi connectivity index (χ0) is 18.7. The number of Topliss-reactive ketones (excluding diaryl/α,β-unsaturated/α-hetero) is 1. The maximum absolute atomic E-state index is 13.0. The van der Waals surface area contributed by atoms with E-state index in [0.29, 0.717) is 42.1 Å². The minimum Gasteiger partial charge on any atom is -0.494 e. The largest absolute Gasteiger partial charge is 0.494 e. The summed E-state index contributed by atoms with van der Waals surface area (Å²) in [5.74, 6) is 1.97. The van der Waals surface area contributed by atoms with Crippen LogP contribution in [0.3, 0.4) is 0 Å². The summed E-state index contributed by atoms with van der Waals surface area (Å²) >= 11 is 1.63. The topological polar surface area (TPSA) is 73.9 Å². The molecular weight excluding hydrogens is 354 g/mol. The van der Waals surface area contributed by atoms with Crippen LogP contribution in [0.4, 0.5) is 0 Å². The fraction of sp³-hybridized carbons (Fsp3) is 0.474. The number of methoxy groups -OCH3 is 3. The van der Waals surface area contributed by atoms with Crippen LogP contribution in [-0.4, -0.2) is 50.8 Å². The van der Waals surface area contributed by atoms with E-state index in [0.717, 1.165) is 10.6 Å².